The SMILES string of the molecule is O=C(O)[C@@H]1[C@H](C(F)(F)F)C1(F)F. The Labute approximate surface area is 63.0 Å². The molecule has 0 aromatic rings. The molecule has 0 aliphatic heterocycles. The molecule has 1 saturated carbocycles. The number of hydrogen-bond acceptors (Lipinski definition) is 1. The minimum Gasteiger partial charge on any atom is -0.481 e. The van der Waals surface area contributed by atoms with Crippen molar-refractivity contribution in [1.82, 2.24) is 0 Å². The predicted octanol–water partition coefficient (Wildman–Crippen LogP) is 1.51. The van der Waals surface area contributed by atoms with Crippen molar-refractivity contribution >= 4 is 5.97 Å². The van der Waals surface area contributed by atoms with Gasteiger partial charge in [0.2, 0.25) is 0 Å². The summed E-state index contributed by atoms with van der Waals surface area (Å²) >= 11 is 0. The zero-order valence-electron chi connectivity index (χ0n) is 5.40. The maximum atomic E-state index is 12.1. The molecule has 0 bridgehead atoms. The Morgan fingerprint density at radius 3 is 1.83 bits per heavy atom. The minimum absolute atomic E-state index is 2.11. The van der Waals surface area contributed by atoms with Gasteiger partial charge in [0, 0.05) is 0 Å². The van der Waals surface area contributed by atoms with E-state index in [9.17, 15) is 26.7 Å². The third kappa shape index (κ3) is 1.12. The normalized spacial score (nSPS) is 33.1. The van der Waals surface area contributed by atoms with Crippen molar-refractivity contribution in [3.8, 4) is 0 Å². The molecular weight excluding hydrogens is 187 g/mol. The molecule has 1 aliphatic carbocycles. The number of carbonyl (C=O) groups is 1. The lowest BCUT2D eigenvalue weighted by Crippen LogP contribution is -2.16. The van der Waals surface area contributed by atoms with Crippen LogP contribution in [0, 0.1) is 11.8 Å². The fraction of sp³-hybridized carbons (Fsp3) is 0.800. The molecule has 70 valence electrons. The van der Waals surface area contributed by atoms with E-state index in [1.807, 2.05) is 0 Å². The van der Waals surface area contributed by atoms with E-state index < -0.39 is 29.9 Å². The Hall–Kier alpha value is -0.880. The van der Waals surface area contributed by atoms with Crippen LogP contribution in [0.5, 0.6) is 0 Å². The van der Waals surface area contributed by atoms with Gasteiger partial charge in [-0.05, 0) is 0 Å². The molecule has 2 nitrogen and oxygen atoms in total. The summed E-state index contributed by atoms with van der Waals surface area (Å²) in [4.78, 5) is 9.85. The maximum absolute atomic E-state index is 12.1. The van der Waals surface area contributed by atoms with Crippen LogP contribution in [0.2, 0.25) is 0 Å². The van der Waals surface area contributed by atoms with Gasteiger partial charge >= 0.3 is 12.1 Å². The van der Waals surface area contributed by atoms with Crippen molar-refractivity contribution < 1.29 is 31.9 Å². The van der Waals surface area contributed by atoms with Crippen molar-refractivity contribution in [3.05, 3.63) is 0 Å². The van der Waals surface area contributed by atoms with Gasteiger partial charge in [-0.15, -0.1) is 0 Å². The standard InChI is InChI=1S/C5H3F5O2/c6-4(7)1(3(11)12)2(4)5(8,9)10/h1-2H,(H,11,12)/t1-,2-/m0/s1. The van der Waals surface area contributed by atoms with Crippen molar-refractivity contribution in [2.45, 2.75) is 12.1 Å². The number of carboxylic acids is 1. The van der Waals surface area contributed by atoms with Crippen LogP contribution in [0.15, 0.2) is 0 Å². The predicted molar refractivity (Wildman–Crippen MR) is 25.6 cm³/mol. The largest absolute Gasteiger partial charge is 0.481 e. The summed E-state index contributed by atoms with van der Waals surface area (Å²) in [7, 11) is 0. The van der Waals surface area contributed by atoms with E-state index in [1.54, 1.807) is 0 Å². The van der Waals surface area contributed by atoms with E-state index in [1.165, 1.54) is 0 Å². The van der Waals surface area contributed by atoms with Crippen molar-refractivity contribution in [2.75, 3.05) is 0 Å². The van der Waals surface area contributed by atoms with E-state index in [0.29, 0.717) is 0 Å². The summed E-state index contributed by atoms with van der Waals surface area (Å²) < 4.78 is 59.0. The van der Waals surface area contributed by atoms with Gasteiger partial charge in [-0.3, -0.25) is 4.79 Å². The van der Waals surface area contributed by atoms with Crippen LogP contribution in [-0.4, -0.2) is 23.2 Å². The van der Waals surface area contributed by atoms with Gasteiger partial charge in [-0.2, -0.15) is 13.2 Å². The number of hydrogen-bond donors (Lipinski definition) is 1. The average Bonchev–Trinajstić information content (AvgIpc) is 2.31. The lowest BCUT2D eigenvalue weighted by molar-refractivity contribution is -0.170. The Bertz CT molecular complexity index is 220. The molecule has 2 atom stereocenters. The number of aliphatic carboxylic acids is 1. The number of rotatable bonds is 1. The summed E-state index contributed by atoms with van der Waals surface area (Å²) in [6.07, 6.45) is -5.13. The zero-order chi connectivity index (χ0) is 9.73. The molecule has 0 radical (unpaired) electrons. The topological polar surface area (TPSA) is 37.3 Å². The molecule has 0 spiro atoms. The van der Waals surface area contributed by atoms with Gasteiger partial charge in [0.15, 0.2) is 0 Å². The van der Waals surface area contributed by atoms with Gasteiger partial charge in [0.25, 0.3) is 5.92 Å². The van der Waals surface area contributed by atoms with Gasteiger partial charge < -0.3 is 5.11 Å². The first-order chi connectivity index (χ1) is 5.19. The second-order valence-corrected chi connectivity index (χ2v) is 2.51. The van der Waals surface area contributed by atoms with E-state index in [2.05, 4.69) is 0 Å². The molecule has 1 N–H and O–H groups in total. The summed E-state index contributed by atoms with van der Waals surface area (Å²) in [5.74, 6) is -11.9. The van der Waals surface area contributed by atoms with Crippen molar-refractivity contribution in [2.24, 2.45) is 11.8 Å². The van der Waals surface area contributed by atoms with Gasteiger partial charge in [0.05, 0.1) is 0 Å². The highest BCUT2D eigenvalue weighted by Crippen LogP contribution is 2.62. The van der Waals surface area contributed by atoms with Crippen LogP contribution in [0.4, 0.5) is 22.0 Å². The lowest BCUT2D eigenvalue weighted by atomic mass is 10.3. The third-order valence-corrected chi connectivity index (χ3v) is 1.67. The highest BCUT2D eigenvalue weighted by atomic mass is 19.4. The maximum Gasteiger partial charge on any atom is 0.398 e. The molecule has 0 heterocycles. The Morgan fingerprint density at radius 2 is 1.75 bits per heavy atom. The number of carboxylic acid groups (broad SMARTS) is 1. The molecule has 0 amide bonds. The fourth-order valence-electron chi connectivity index (χ4n) is 1.04. The zero-order valence-corrected chi connectivity index (χ0v) is 5.40. The number of alkyl halides is 5. The third-order valence-electron chi connectivity index (χ3n) is 1.67. The van der Waals surface area contributed by atoms with Crippen molar-refractivity contribution in [1.29, 1.82) is 0 Å². The quantitative estimate of drug-likeness (QED) is 0.636. The van der Waals surface area contributed by atoms with Crippen LogP contribution < -0.4 is 0 Å². The first-order valence-electron chi connectivity index (χ1n) is 2.86. The highest BCUT2D eigenvalue weighted by Gasteiger charge is 2.82. The molecule has 0 aromatic carbocycles. The Balaban J connectivity index is 2.80. The molecule has 12 heavy (non-hydrogen) atoms. The first kappa shape index (κ1) is 9.21. The van der Waals surface area contributed by atoms with E-state index in [4.69, 9.17) is 5.11 Å². The monoisotopic (exact) mass is 190 g/mol. The van der Waals surface area contributed by atoms with Gasteiger partial charge in [-0.1, -0.05) is 0 Å². The average molecular weight is 190 g/mol. The van der Waals surface area contributed by atoms with E-state index >= 15 is 0 Å². The fourth-order valence-corrected chi connectivity index (χ4v) is 1.04. The van der Waals surface area contributed by atoms with Gasteiger partial charge in [-0.25, -0.2) is 8.78 Å². The molecule has 1 fully saturated rings. The van der Waals surface area contributed by atoms with Crippen LogP contribution in [0.1, 0.15) is 0 Å². The summed E-state index contributed by atoms with van der Waals surface area (Å²) in [6.45, 7) is 0. The molecule has 0 aromatic heterocycles. The molecule has 0 unspecified atom stereocenters. The second kappa shape index (κ2) is 2.08. The molecule has 1 rings (SSSR count). The summed E-state index contributed by atoms with van der Waals surface area (Å²) in [5.41, 5.74) is 0. The van der Waals surface area contributed by atoms with E-state index in [0.717, 1.165) is 0 Å². The highest BCUT2D eigenvalue weighted by molar-refractivity contribution is 5.76. The minimum atomic E-state index is -5.13. The second-order valence-electron chi connectivity index (χ2n) is 2.51. The first-order valence-corrected chi connectivity index (χ1v) is 2.86. The van der Waals surface area contributed by atoms with Crippen LogP contribution >= 0.6 is 0 Å². The number of halogens is 5. The van der Waals surface area contributed by atoms with Gasteiger partial charge in [0.1, 0.15) is 11.8 Å². The van der Waals surface area contributed by atoms with Crippen LogP contribution in [-0.2, 0) is 4.79 Å². The van der Waals surface area contributed by atoms with Crippen LogP contribution in [0.25, 0.3) is 0 Å². The summed E-state index contributed by atoms with van der Waals surface area (Å²) in [6, 6.07) is 0. The van der Waals surface area contributed by atoms with Crippen molar-refractivity contribution in [3.63, 3.8) is 0 Å². The molecule has 1 aliphatic rings. The summed E-state index contributed by atoms with van der Waals surface area (Å²) in [5, 5.41) is 7.94. The molecule has 7 heteroatoms. The molecular formula is C5H3F5O2. The van der Waals surface area contributed by atoms with E-state index in [-0.39, 0.29) is 0 Å². The Kier molecular flexibility index (Phi) is 1.60. The smallest absolute Gasteiger partial charge is 0.398 e. The van der Waals surface area contributed by atoms with Crippen LogP contribution in [0.3, 0.4) is 0 Å². The lowest BCUT2D eigenvalue weighted by Gasteiger charge is -2.01. The Morgan fingerprint density at radius 1 is 1.33 bits per heavy atom. The molecule has 0 saturated heterocycles.